The highest BCUT2D eigenvalue weighted by molar-refractivity contribution is 5.95. The van der Waals surface area contributed by atoms with Crippen molar-refractivity contribution < 1.29 is 19.2 Å². The van der Waals surface area contributed by atoms with Crippen LogP contribution in [0.15, 0.2) is 60.7 Å². The van der Waals surface area contributed by atoms with E-state index in [4.69, 9.17) is 5.73 Å². The Morgan fingerprint density at radius 1 is 0.769 bits per heavy atom. The van der Waals surface area contributed by atoms with E-state index in [1.807, 2.05) is 60.7 Å². The van der Waals surface area contributed by atoms with Crippen molar-refractivity contribution in [2.75, 3.05) is 19.6 Å². The lowest BCUT2D eigenvalue weighted by Gasteiger charge is -2.30. The lowest BCUT2D eigenvalue weighted by Crippen LogP contribution is -2.56. The molecule has 9 nitrogen and oxygen atoms in total. The molecule has 5 N–H and O–H groups in total. The Labute approximate surface area is 229 Å². The second-order valence-corrected chi connectivity index (χ2v) is 10.4. The summed E-state index contributed by atoms with van der Waals surface area (Å²) < 4.78 is 0. The molecule has 208 valence electrons. The minimum Gasteiger partial charge on any atom is -0.354 e. The zero-order valence-corrected chi connectivity index (χ0v) is 22.3. The van der Waals surface area contributed by atoms with Crippen LogP contribution in [-0.4, -0.2) is 66.3 Å². The number of hydrogen-bond acceptors (Lipinski definition) is 5. The van der Waals surface area contributed by atoms with Gasteiger partial charge in [-0.25, -0.2) is 0 Å². The molecule has 2 aliphatic heterocycles. The molecule has 39 heavy (non-hydrogen) atoms. The van der Waals surface area contributed by atoms with Crippen molar-refractivity contribution in [2.24, 2.45) is 11.7 Å². The summed E-state index contributed by atoms with van der Waals surface area (Å²) in [6.45, 7) is 1.01. The number of rotatable bonds is 8. The van der Waals surface area contributed by atoms with Gasteiger partial charge >= 0.3 is 0 Å². The van der Waals surface area contributed by atoms with Gasteiger partial charge in [-0.15, -0.1) is 0 Å². The van der Waals surface area contributed by atoms with Gasteiger partial charge in [0.25, 0.3) is 0 Å². The second-order valence-electron chi connectivity index (χ2n) is 10.4. The Morgan fingerprint density at radius 3 is 2.08 bits per heavy atom. The summed E-state index contributed by atoms with van der Waals surface area (Å²) in [4.78, 5) is 55.8. The normalized spacial score (nSPS) is 24.5. The molecule has 9 heteroatoms. The average molecular weight is 534 g/mol. The zero-order valence-electron chi connectivity index (χ0n) is 22.3. The van der Waals surface area contributed by atoms with Gasteiger partial charge in [0.05, 0.1) is 5.92 Å². The largest absolute Gasteiger partial charge is 0.354 e. The van der Waals surface area contributed by atoms with Crippen LogP contribution in [0.1, 0.15) is 43.2 Å². The van der Waals surface area contributed by atoms with Gasteiger partial charge in [0, 0.05) is 19.5 Å². The Balaban J connectivity index is 1.65. The van der Waals surface area contributed by atoms with Gasteiger partial charge in [-0.3, -0.25) is 19.2 Å². The van der Waals surface area contributed by atoms with Crippen LogP contribution in [0.4, 0.5) is 0 Å². The molecule has 2 heterocycles. The van der Waals surface area contributed by atoms with Crippen molar-refractivity contribution in [1.82, 2.24) is 20.9 Å². The quantitative estimate of drug-likeness (QED) is 0.380. The fourth-order valence-electron chi connectivity index (χ4n) is 5.38. The molecule has 0 radical (unpaired) electrons. The highest BCUT2D eigenvalue weighted by Gasteiger charge is 2.40. The summed E-state index contributed by atoms with van der Waals surface area (Å²) in [5, 5.41) is 8.81. The van der Waals surface area contributed by atoms with E-state index < -0.39 is 24.0 Å². The topological polar surface area (TPSA) is 134 Å². The molecule has 2 aliphatic rings. The number of carbonyl (C=O) groups excluding carboxylic acids is 4. The molecule has 0 saturated carbocycles. The monoisotopic (exact) mass is 533 g/mol. The van der Waals surface area contributed by atoms with E-state index in [0.29, 0.717) is 51.6 Å². The minimum absolute atomic E-state index is 0.0855. The van der Waals surface area contributed by atoms with Gasteiger partial charge < -0.3 is 26.6 Å². The SMILES string of the molecule is NCCCC[C@@H]1NC(=O)[C@H]2CCCN2C(=O)[C@H](Cc2ccccc2)NC(=O)[C@H](Cc2ccccc2)CNC1=O. The van der Waals surface area contributed by atoms with Gasteiger partial charge in [0.1, 0.15) is 18.1 Å². The van der Waals surface area contributed by atoms with E-state index in [1.54, 1.807) is 4.90 Å². The van der Waals surface area contributed by atoms with Gasteiger partial charge in [0.15, 0.2) is 0 Å². The third-order valence-corrected chi connectivity index (χ3v) is 7.53. The molecule has 2 fully saturated rings. The maximum Gasteiger partial charge on any atom is 0.246 e. The van der Waals surface area contributed by atoms with Crippen molar-refractivity contribution >= 4 is 23.6 Å². The van der Waals surface area contributed by atoms with Gasteiger partial charge in [0.2, 0.25) is 23.6 Å². The molecule has 0 aromatic heterocycles. The summed E-state index contributed by atoms with van der Waals surface area (Å²) in [5.41, 5.74) is 7.51. The Hall–Kier alpha value is -3.72. The predicted octanol–water partition coefficient (Wildman–Crippen LogP) is 1.31. The Kier molecular flexibility index (Phi) is 10.1. The number of carbonyl (C=O) groups is 4. The summed E-state index contributed by atoms with van der Waals surface area (Å²) in [7, 11) is 0. The van der Waals surface area contributed by atoms with Crippen LogP contribution < -0.4 is 21.7 Å². The summed E-state index contributed by atoms with van der Waals surface area (Å²) in [6.07, 6.45) is 3.73. The summed E-state index contributed by atoms with van der Waals surface area (Å²) in [5.74, 6) is -1.84. The first kappa shape index (κ1) is 28.3. The lowest BCUT2D eigenvalue weighted by atomic mass is 9.96. The molecule has 0 bridgehead atoms. The second kappa shape index (κ2) is 13.9. The molecular formula is C30H39N5O4. The van der Waals surface area contributed by atoms with Crippen LogP contribution in [0.25, 0.3) is 0 Å². The Morgan fingerprint density at radius 2 is 1.41 bits per heavy atom. The van der Waals surface area contributed by atoms with Crippen LogP contribution >= 0.6 is 0 Å². The van der Waals surface area contributed by atoms with Crippen molar-refractivity contribution in [3.63, 3.8) is 0 Å². The zero-order chi connectivity index (χ0) is 27.6. The number of benzene rings is 2. The van der Waals surface area contributed by atoms with E-state index in [-0.39, 0.29) is 30.2 Å². The van der Waals surface area contributed by atoms with Crippen molar-refractivity contribution in [3.05, 3.63) is 71.8 Å². The fraction of sp³-hybridized carbons (Fsp3) is 0.467. The molecule has 4 rings (SSSR count). The molecule has 4 atom stereocenters. The Bertz CT molecular complexity index is 1130. The van der Waals surface area contributed by atoms with Crippen molar-refractivity contribution in [3.8, 4) is 0 Å². The number of nitrogens with one attached hydrogen (secondary N) is 3. The number of nitrogens with two attached hydrogens (primary N) is 1. The maximum atomic E-state index is 13.9. The first-order valence-corrected chi connectivity index (χ1v) is 13.9. The third-order valence-electron chi connectivity index (χ3n) is 7.53. The molecule has 4 amide bonds. The molecule has 0 aliphatic carbocycles. The van der Waals surface area contributed by atoms with E-state index in [9.17, 15) is 19.2 Å². The number of hydrogen-bond donors (Lipinski definition) is 4. The smallest absolute Gasteiger partial charge is 0.246 e. The number of fused-ring (bicyclic) bond motifs is 1. The molecule has 0 unspecified atom stereocenters. The third kappa shape index (κ3) is 7.66. The van der Waals surface area contributed by atoms with Crippen molar-refractivity contribution in [1.29, 1.82) is 0 Å². The summed E-state index contributed by atoms with van der Waals surface area (Å²) in [6, 6.07) is 16.9. The van der Waals surface area contributed by atoms with Crippen LogP contribution in [0.3, 0.4) is 0 Å². The van der Waals surface area contributed by atoms with Gasteiger partial charge in [-0.2, -0.15) is 0 Å². The van der Waals surface area contributed by atoms with E-state index in [2.05, 4.69) is 16.0 Å². The highest BCUT2D eigenvalue weighted by Crippen LogP contribution is 2.21. The van der Waals surface area contributed by atoms with E-state index in [0.717, 1.165) is 17.5 Å². The number of nitrogens with zero attached hydrogens (tertiary/aromatic N) is 1. The standard InChI is InChI=1S/C30H39N5O4/c31-16-8-7-14-24-28(37)32-20-23(18-21-10-3-1-4-11-21)27(36)34-25(19-22-12-5-2-6-13-22)30(39)35-17-9-15-26(35)29(38)33-24/h1-6,10-13,23-26H,7-9,14-20,31H2,(H,32,37)(H,33,38)(H,34,36)/t23-,24+,25+,26-/m1/s1. The van der Waals surface area contributed by atoms with Gasteiger partial charge in [-0.05, 0) is 56.2 Å². The highest BCUT2D eigenvalue weighted by atomic mass is 16.2. The van der Waals surface area contributed by atoms with Crippen molar-refractivity contribution in [2.45, 2.75) is 63.1 Å². The molecule has 2 aromatic carbocycles. The molecular weight excluding hydrogens is 494 g/mol. The fourth-order valence-corrected chi connectivity index (χ4v) is 5.38. The first-order valence-electron chi connectivity index (χ1n) is 13.9. The molecule has 2 saturated heterocycles. The molecule has 0 spiro atoms. The van der Waals surface area contributed by atoms with Crippen LogP contribution in [0, 0.1) is 5.92 Å². The predicted molar refractivity (Wildman–Crippen MR) is 148 cm³/mol. The number of unbranched alkanes of at least 4 members (excludes halogenated alkanes) is 1. The van der Waals surface area contributed by atoms with Gasteiger partial charge in [-0.1, -0.05) is 60.7 Å². The maximum absolute atomic E-state index is 13.9. The molecule has 2 aromatic rings. The minimum atomic E-state index is -0.830. The summed E-state index contributed by atoms with van der Waals surface area (Å²) >= 11 is 0. The van der Waals surface area contributed by atoms with Crippen LogP contribution in [0.5, 0.6) is 0 Å². The van der Waals surface area contributed by atoms with E-state index in [1.165, 1.54) is 0 Å². The van der Waals surface area contributed by atoms with Crippen LogP contribution in [-0.2, 0) is 32.0 Å². The van der Waals surface area contributed by atoms with E-state index >= 15 is 0 Å². The average Bonchev–Trinajstić information content (AvgIpc) is 3.45. The first-order chi connectivity index (χ1) is 19.0. The lowest BCUT2D eigenvalue weighted by molar-refractivity contribution is -0.142. The number of amides is 4. The van der Waals surface area contributed by atoms with Crippen LogP contribution in [0.2, 0.25) is 0 Å².